The van der Waals surface area contributed by atoms with Gasteiger partial charge in [-0.3, -0.25) is 0 Å². The van der Waals surface area contributed by atoms with E-state index in [1.807, 2.05) is 0 Å². The molecule has 5 unspecified atom stereocenters. The first-order valence-corrected chi connectivity index (χ1v) is 8.23. The Balaban J connectivity index is 1.49. The van der Waals surface area contributed by atoms with E-state index in [-0.39, 0.29) is 0 Å². The second-order valence-electron chi connectivity index (χ2n) is 7.06. The van der Waals surface area contributed by atoms with Gasteiger partial charge in [-0.25, -0.2) is 0 Å². The number of rotatable bonds is 4. The summed E-state index contributed by atoms with van der Waals surface area (Å²) in [6.45, 7) is 8.53. The maximum Gasteiger partial charge on any atom is 0.00939 e. The summed E-state index contributed by atoms with van der Waals surface area (Å²) in [6.07, 6.45) is 8.90. The van der Waals surface area contributed by atoms with Gasteiger partial charge in [0.2, 0.25) is 0 Å². The van der Waals surface area contributed by atoms with Gasteiger partial charge >= 0.3 is 0 Å². The van der Waals surface area contributed by atoms with E-state index in [2.05, 4.69) is 24.1 Å². The van der Waals surface area contributed by atoms with Crippen LogP contribution >= 0.6 is 0 Å². The lowest BCUT2D eigenvalue weighted by molar-refractivity contribution is 0.101. The molecular weight excluding hydrogens is 220 g/mol. The first-order valence-electron chi connectivity index (χ1n) is 8.23. The van der Waals surface area contributed by atoms with Crippen LogP contribution in [0.1, 0.15) is 52.4 Å². The third-order valence-electron chi connectivity index (χ3n) is 5.86. The van der Waals surface area contributed by atoms with E-state index in [0.717, 1.165) is 36.4 Å². The van der Waals surface area contributed by atoms with Crippen molar-refractivity contribution in [2.75, 3.05) is 19.6 Å². The highest BCUT2D eigenvalue weighted by Crippen LogP contribution is 2.48. The predicted molar refractivity (Wildman–Crippen MR) is 76.7 cm³/mol. The molecule has 2 saturated carbocycles. The van der Waals surface area contributed by atoms with E-state index < -0.39 is 0 Å². The molecule has 0 radical (unpaired) electrons. The SMILES string of the molecule is CCNC1CCN(CC2CC3CCC2C3)C(C)C1. The summed E-state index contributed by atoms with van der Waals surface area (Å²) in [6, 6.07) is 1.57. The molecule has 18 heavy (non-hydrogen) atoms. The summed E-state index contributed by atoms with van der Waals surface area (Å²) in [7, 11) is 0. The quantitative estimate of drug-likeness (QED) is 0.825. The first kappa shape index (κ1) is 12.9. The zero-order valence-electron chi connectivity index (χ0n) is 12.2. The van der Waals surface area contributed by atoms with Gasteiger partial charge in [-0.15, -0.1) is 0 Å². The molecule has 0 amide bonds. The fraction of sp³-hybridized carbons (Fsp3) is 1.00. The van der Waals surface area contributed by atoms with Crippen LogP contribution < -0.4 is 5.32 Å². The summed E-state index contributed by atoms with van der Waals surface area (Å²) in [5, 5.41) is 3.63. The molecule has 0 aromatic rings. The minimum Gasteiger partial charge on any atom is -0.314 e. The molecule has 1 aliphatic heterocycles. The summed E-state index contributed by atoms with van der Waals surface area (Å²) >= 11 is 0. The molecule has 0 aromatic carbocycles. The molecule has 1 saturated heterocycles. The highest BCUT2D eigenvalue weighted by molar-refractivity contribution is 4.93. The Labute approximate surface area is 113 Å². The van der Waals surface area contributed by atoms with E-state index in [1.165, 1.54) is 32.4 Å². The number of hydrogen-bond donors (Lipinski definition) is 1. The van der Waals surface area contributed by atoms with Crippen molar-refractivity contribution in [2.45, 2.75) is 64.5 Å². The Morgan fingerprint density at radius 2 is 2.00 bits per heavy atom. The lowest BCUT2D eigenvalue weighted by Gasteiger charge is -2.40. The van der Waals surface area contributed by atoms with E-state index in [0.29, 0.717) is 0 Å². The summed E-state index contributed by atoms with van der Waals surface area (Å²) in [5.74, 6) is 3.24. The first-order chi connectivity index (χ1) is 8.76. The molecule has 2 nitrogen and oxygen atoms in total. The molecule has 2 heteroatoms. The molecule has 2 aliphatic carbocycles. The minimum atomic E-state index is 0.779. The molecule has 5 atom stereocenters. The smallest absolute Gasteiger partial charge is 0.00939 e. The Morgan fingerprint density at radius 3 is 2.61 bits per heavy atom. The van der Waals surface area contributed by atoms with Gasteiger partial charge in [0.05, 0.1) is 0 Å². The zero-order chi connectivity index (χ0) is 12.5. The maximum absolute atomic E-state index is 3.63. The molecular formula is C16H30N2. The van der Waals surface area contributed by atoms with Gasteiger partial charge in [0.15, 0.2) is 0 Å². The fourth-order valence-corrected chi connectivity index (χ4v) is 4.87. The molecule has 3 fully saturated rings. The monoisotopic (exact) mass is 250 g/mol. The topological polar surface area (TPSA) is 15.3 Å². The number of hydrogen-bond acceptors (Lipinski definition) is 2. The van der Waals surface area contributed by atoms with Crippen molar-refractivity contribution < 1.29 is 0 Å². The van der Waals surface area contributed by atoms with Crippen LogP contribution in [-0.4, -0.2) is 36.6 Å². The molecule has 0 aromatic heterocycles. The Bertz CT molecular complexity index is 278. The van der Waals surface area contributed by atoms with Crippen LogP contribution in [0.3, 0.4) is 0 Å². The highest BCUT2D eigenvalue weighted by atomic mass is 15.2. The second-order valence-corrected chi connectivity index (χ2v) is 7.06. The van der Waals surface area contributed by atoms with E-state index in [4.69, 9.17) is 0 Å². The van der Waals surface area contributed by atoms with Crippen LogP contribution in [0.5, 0.6) is 0 Å². The van der Waals surface area contributed by atoms with Gasteiger partial charge in [-0.2, -0.15) is 0 Å². The summed E-state index contributed by atoms with van der Waals surface area (Å²) in [5.41, 5.74) is 0. The molecule has 3 rings (SSSR count). The fourth-order valence-electron chi connectivity index (χ4n) is 4.87. The number of piperidine rings is 1. The maximum atomic E-state index is 3.63. The van der Waals surface area contributed by atoms with Gasteiger partial charge in [-0.05, 0) is 69.9 Å². The zero-order valence-corrected chi connectivity index (χ0v) is 12.2. The van der Waals surface area contributed by atoms with Crippen molar-refractivity contribution in [3.05, 3.63) is 0 Å². The molecule has 0 spiro atoms. The normalized spacial score (nSPS) is 44.7. The van der Waals surface area contributed by atoms with Crippen molar-refractivity contribution in [1.29, 1.82) is 0 Å². The minimum absolute atomic E-state index is 0.779. The number of likely N-dealkylation sites (tertiary alicyclic amines) is 1. The van der Waals surface area contributed by atoms with Gasteiger partial charge in [0, 0.05) is 18.6 Å². The van der Waals surface area contributed by atoms with Crippen LogP contribution in [0.2, 0.25) is 0 Å². The average molecular weight is 250 g/mol. The molecule has 1 heterocycles. The van der Waals surface area contributed by atoms with Crippen molar-refractivity contribution in [3.63, 3.8) is 0 Å². The predicted octanol–water partition coefficient (Wildman–Crippen LogP) is 2.89. The van der Waals surface area contributed by atoms with Crippen molar-refractivity contribution >= 4 is 0 Å². The van der Waals surface area contributed by atoms with Crippen LogP contribution in [0.25, 0.3) is 0 Å². The third kappa shape index (κ3) is 2.60. The third-order valence-corrected chi connectivity index (χ3v) is 5.86. The lowest BCUT2D eigenvalue weighted by atomic mass is 9.87. The van der Waals surface area contributed by atoms with Gasteiger partial charge < -0.3 is 10.2 Å². The van der Waals surface area contributed by atoms with Crippen LogP contribution in [-0.2, 0) is 0 Å². The standard InChI is InChI=1S/C16H30N2/c1-3-17-16-6-7-18(12(2)8-16)11-15-10-13-4-5-14(15)9-13/h12-17H,3-11H2,1-2H3. The lowest BCUT2D eigenvalue weighted by Crippen LogP contribution is -2.49. The van der Waals surface area contributed by atoms with Gasteiger partial charge in [0.1, 0.15) is 0 Å². The summed E-state index contributed by atoms with van der Waals surface area (Å²) < 4.78 is 0. The molecule has 1 N–H and O–H groups in total. The Morgan fingerprint density at radius 1 is 1.11 bits per heavy atom. The number of nitrogens with one attached hydrogen (secondary N) is 1. The summed E-state index contributed by atoms with van der Waals surface area (Å²) in [4.78, 5) is 2.79. The molecule has 3 aliphatic rings. The van der Waals surface area contributed by atoms with Gasteiger partial charge in [-0.1, -0.05) is 13.3 Å². The largest absolute Gasteiger partial charge is 0.314 e. The van der Waals surface area contributed by atoms with E-state index >= 15 is 0 Å². The molecule has 2 bridgehead atoms. The van der Waals surface area contributed by atoms with E-state index in [9.17, 15) is 0 Å². The Kier molecular flexibility index (Phi) is 3.95. The van der Waals surface area contributed by atoms with Crippen molar-refractivity contribution in [1.82, 2.24) is 10.2 Å². The van der Waals surface area contributed by atoms with Gasteiger partial charge in [0.25, 0.3) is 0 Å². The highest BCUT2D eigenvalue weighted by Gasteiger charge is 2.40. The van der Waals surface area contributed by atoms with Crippen LogP contribution in [0.15, 0.2) is 0 Å². The second kappa shape index (κ2) is 5.50. The van der Waals surface area contributed by atoms with Crippen LogP contribution in [0.4, 0.5) is 0 Å². The van der Waals surface area contributed by atoms with Crippen LogP contribution in [0, 0.1) is 17.8 Å². The number of nitrogens with zero attached hydrogens (tertiary/aromatic N) is 1. The van der Waals surface area contributed by atoms with E-state index in [1.54, 1.807) is 19.3 Å². The number of fused-ring (bicyclic) bond motifs is 2. The van der Waals surface area contributed by atoms with Crippen molar-refractivity contribution in [3.8, 4) is 0 Å². The Hall–Kier alpha value is -0.0800. The molecule has 104 valence electrons. The average Bonchev–Trinajstić information content (AvgIpc) is 2.95. The van der Waals surface area contributed by atoms with Crippen molar-refractivity contribution in [2.24, 2.45) is 17.8 Å².